The van der Waals surface area contributed by atoms with Gasteiger partial charge in [-0.25, -0.2) is 0 Å². The summed E-state index contributed by atoms with van der Waals surface area (Å²) in [5.74, 6) is 0.605. The van der Waals surface area contributed by atoms with Gasteiger partial charge in [0, 0.05) is 11.3 Å². The van der Waals surface area contributed by atoms with Gasteiger partial charge in [-0.05, 0) is 35.2 Å². The lowest BCUT2D eigenvalue weighted by Crippen LogP contribution is -2.15. The molecule has 5 nitrogen and oxygen atoms in total. The minimum absolute atomic E-state index is 0.0679. The highest BCUT2D eigenvalue weighted by atomic mass is 16.5. The van der Waals surface area contributed by atoms with E-state index in [9.17, 15) is 4.79 Å². The largest absolute Gasteiger partial charge is 0.334 e. The fourth-order valence-corrected chi connectivity index (χ4v) is 2.43. The van der Waals surface area contributed by atoms with Gasteiger partial charge in [0.1, 0.15) is 0 Å². The molecule has 2 aromatic carbocycles. The predicted molar refractivity (Wildman–Crippen MR) is 97.2 cm³/mol. The average molecular weight is 335 g/mol. The number of nitrogens with zero attached hydrogens (tertiary/aromatic N) is 2. The third-order valence-corrected chi connectivity index (χ3v) is 3.84. The van der Waals surface area contributed by atoms with Crippen LogP contribution in [0, 0.1) is 0 Å². The summed E-state index contributed by atoms with van der Waals surface area (Å²) < 4.78 is 5.29. The van der Waals surface area contributed by atoms with Crippen LogP contribution in [0.2, 0.25) is 0 Å². The number of hydrogen-bond donors (Lipinski definition) is 1. The van der Waals surface area contributed by atoms with Crippen molar-refractivity contribution in [3.63, 3.8) is 0 Å². The Morgan fingerprint density at radius 3 is 2.36 bits per heavy atom. The fourth-order valence-electron chi connectivity index (χ4n) is 2.43. The molecule has 0 radical (unpaired) electrons. The Morgan fingerprint density at radius 1 is 1.04 bits per heavy atom. The van der Waals surface area contributed by atoms with Gasteiger partial charge in [-0.2, -0.15) is 4.98 Å². The molecule has 1 N–H and O–H groups in total. The molecule has 25 heavy (non-hydrogen) atoms. The number of carbonyl (C=O) groups is 1. The van der Waals surface area contributed by atoms with Crippen LogP contribution in [0.4, 0.5) is 5.69 Å². The molecule has 128 valence electrons. The molecule has 1 aromatic heterocycles. The van der Waals surface area contributed by atoms with Crippen molar-refractivity contribution in [1.29, 1.82) is 0 Å². The van der Waals surface area contributed by atoms with Crippen molar-refractivity contribution in [2.45, 2.75) is 32.6 Å². The van der Waals surface area contributed by atoms with E-state index in [1.807, 2.05) is 42.5 Å². The molecule has 3 aromatic rings. The van der Waals surface area contributed by atoms with E-state index >= 15 is 0 Å². The van der Waals surface area contributed by atoms with Crippen molar-refractivity contribution in [2.24, 2.45) is 0 Å². The zero-order valence-corrected chi connectivity index (χ0v) is 14.6. The highest BCUT2D eigenvalue weighted by molar-refractivity contribution is 5.91. The predicted octanol–water partition coefficient (Wildman–Crippen LogP) is 4.22. The summed E-state index contributed by atoms with van der Waals surface area (Å²) in [6.07, 6.45) is 0.0679. The van der Waals surface area contributed by atoms with Gasteiger partial charge in [-0.15, -0.1) is 0 Å². The fraction of sp³-hybridized carbons (Fsp3) is 0.250. The average Bonchev–Trinajstić information content (AvgIpc) is 3.03. The van der Waals surface area contributed by atoms with Gasteiger partial charge in [-0.1, -0.05) is 56.3 Å². The molecule has 0 spiro atoms. The first kappa shape index (κ1) is 16.9. The number of anilines is 1. The summed E-state index contributed by atoms with van der Waals surface area (Å²) in [5, 5.41) is 6.70. The second-order valence-corrected chi connectivity index (χ2v) is 6.93. The first-order valence-electron chi connectivity index (χ1n) is 8.20. The Kier molecular flexibility index (Phi) is 4.65. The van der Waals surface area contributed by atoms with Crippen molar-refractivity contribution in [3.05, 3.63) is 66.0 Å². The van der Waals surface area contributed by atoms with E-state index in [1.54, 1.807) is 0 Å². The lowest BCUT2D eigenvalue weighted by molar-refractivity contribution is -0.115. The second-order valence-electron chi connectivity index (χ2n) is 6.93. The van der Waals surface area contributed by atoms with E-state index < -0.39 is 0 Å². The summed E-state index contributed by atoms with van der Waals surface area (Å²) in [6.45, 7) is 6.49. The Labute approximate surface area is 147 Å². The van der Waals surface area contributed by atoms with E-state index in [2.05, 4.69) is 48.4 Å². The van der Waals surface area contributed by atoms with E-state index in [4.69, 9.17) is 4.52 Å². The highest BCUT2D eigenvalue weighted by Crippen LogP contribution is 2.25. The molecule has 0 aliphatic carbocycles. The highest BCUT2D eigenvalue weighted by Gasteiger charge is 2.16. The minimum atomic E-state index is -0.179. The van der Waals surface area contributed by atoms with Crippen molar-refractivity contribution in [1.82, 2.24) is 10.1 Å². The SMILES string of the molecule is CC(C)(C)c1ccc(-c2nc(CC(=O)Nc3ccccc3)no2)cc1. The number of nitrogens with one attached hydrogen (secondary N) is 1. The van der Waals surface area contributed by atoms with Crippen molar-refractivity contribution < 1.29 is 9.32 Å². The normalized spacial score (nSPS) is 11.3. The van der Waals surface area contributed by atoms with Gasteiger partial charge in [0.15, 0.2) is 5.82 Å². The van der Waals surface area contributed by atoms with Crippen LogP contribution in [-0.4, -0.2) is 16.0 Å². The molecule has 3 rings (SSSR count). The number of hydrogen-bond acceptors (Lipinski definition) is 4. The Morgan fingerprint density at radius 2 is 1.72 bits per heavy atom. The lowest BCUT2D eigenvalue weighted by atomic mass is 9.87. The molecule has 0 saturated carbocycles. The summed E-state index contributed by atoms with van der Waals surface area (Å²) in [4.78, 5) is 16.4. The Bertz CT molecular complexity index is 847. The summed E-state index contributed by atoms with van der Waals surface area (Å²) in [5.41, 5.74) is 2.91. The third kappa shape index (κ3) is 4.32. The van der Waals surface area contributed by atoms with E-state index in [1.165, 1.54) is 5.56 Å². The molecular weight excluding hydrogens is 314 g/mol. The molecule has 0 fully saturated rings. The van der Waals surface area contributed by atoms with Gasteiger partial charge >= 0.3 is 0 Å². The van der Waals surface area contributed by atoms with Gasteiger partial charge in [0.2, 0.25) is 5.91 Å². The van der Waals surface area contributed by atoms with Crippen molar-refractivity contribution >= 4 is 11.6 Å². The summed E-state index contributed by atoms with van der Waals surface area (Å²) in [6, 6.07) is 17.3. The number of carbonyl (C=O) groups excluding carboxylic acids is 1. The molecule has 0 aliphatic rings. The van der Waals surface area contributed by atoms with Crippen LogP contribution >= 0.6 is 0 Å². The van der Waals surface area contributed by atoms with Gasteiger partial charge in [-0.3, -0.25) is 4.79 Å². The number of benzene rings is 2. The van der Waals surface area contributed by atoms with E-state index in [0.717, 1.165) is 11.3 Å². The molecule has 1 amide bonds. The van der Waals surface area contributed by atoms with Gasteiger partial charge in [0.25, 0.3) is 5.89 Å². The van der Waals surface area contributed by atoms with Crippen LogP contribution in [0.25, 0.3) is 11.5 Å². The lowest BCUT2D eigenvalue weighted by Gasteiger charge is -2.18. The van der Waals surface area contributed by atoms with Crippen molar-refractivity contribution in [3.8, 4) is 11.5 Å². The van der Waals surface area contributed by atoms with Crippen LogP contribution in [0.15, 0.2) is 59.1 Å². The smallest absolute Gasteiger partial charge is 0.257 e. The number of para-hydroxylation sites is 1. The first-order valence-corrected chi connectivity index (χ1v) is 8.20. The maximum atomic E-state index is 12.0. The molecule has 0 aliphatic heterocycles. The number of aromatic nitrogens is 2. The molecule has 0 atom stereocenters. The van der Waals surface area contributed by atoms with E-state index in [-0.39, 0.29) is 17.7 Å². The number of amides is 1. The molecule has 1 heterocycles. The Balaban J connectivity index is 1.67. The summed E-state index contributed by atoms with van der Waals surface area (Å²) >= 11 is 0. The van der Waals surface area contributed by atoms with Gasteiger partial charge in [0.05, 0.1) is 6.42 Å². The maximum Gasteiger partial charge on any atom is 0.257 e. The van der Waals surface area contributed by atoms with Gasteiger partial charge < -0.3 is 9.84 Å². The van der Waals surface area contributed by atoms with Crippen LogP contribution in [0.5, 0.6) is 0 Å². The zero-order chi connectivity index (χ0) is 17.9. The monoisotopic (exact) mass is 335 g/mol. The van der Waals surface area contributed by atoms with Crippen LogP contribution in [0.1, 0.15) is 32.2 Å². The maximum absolute atomic E-state index is 12.0. The molecule has 5 heteroatoms. The summed E-state index contributed by atoms with van der Waals surface area (Å²) in [7, 11) is 0. The quantitative estimate of drug-likeness (QED) is 0.775. The standard InChI is InChI=1S/C20H21N3O2/c1-20(2,3)15-11-9-14(10-12-15)19-22-17(23-25-19)13-18(24)21-16-7-5-4-6-8-16/h4-12H,13H2,1-3H3,(H,21,24). The van der Waals surface area contributed by atoms with Crippen LogP contribution < -0.4 is 5.32 Å². The molecule has 0 saturated heterocycles. The van der Waals surface area contributed by atoms with Crippen LogP contribution in [0.3, 0.4) is 0 Å². The first-order chi connectivity index (χ1) is 11.9. The van der Waals surface area contributed by atoms with Crippen LogP contribution in [-0.2, 0) is 16.6 Å². The topological polar surface area (TPSA) is 68.0 Å². The Hall–Kier alpha value is -2.95. The molecule has 0 bridgehead atoms. The zero-order valence-electron chi connectivity index (χ0n) is 14.6. The molecular formula is C20H21N3O2. The van der Waals surface area contributed by atoms with E-state index in [0.29, 0.717) is 11.7 Å². The minimum Gasteiger partial charge on any atom is -0.334 e. The molecule has 0 unspecified atom stereocenters. The second kappa shape index (κ2) is 6.89. The van der Waals surface area contributed by atoms with Crippen molar-refractivity contribution in [2.75, 3.05) is 5.32 Å². The number of rotatable bonds is 4. The third-order valence-electron chi connectivity index (χ3n) is 3.84.